The third-order valence-electron chi connectivity index (χ3n) is 10.7. The standard InChI is InChI=1S/C45H26O/c1-2-11-30-27(10-1)20-24-40-43(30)35-14-4-7-18-38(35)45(40)37-17-6-3-12-31(37)36-26-28(21-23-39(36)45)29-22-25-42-44-33(29)15-9-16-34(44)32-13-5-8-19-41(32)46-42/h1-26H. The van der Waals surface area contributed by atoms with Gasteiger partial charge in [0.25, 0.3) is 0 Å². The van der Waals surface area contributed by atoms with Crippen LogP contribution in [0.1, 0.15) is 22.3 Å². The van der Waals surface area contributed by atoms with E-state index < -0.39 is 0 Å². The van der Waals surface area contributed by atoms with E-state index in [1.54, 1.807) is 0 Å². The molecule has 1 heterocycles. The summed E-state index contributed by atoms with van der Waals surface area (Å²) in [6.07, 6.45) is 0. The lowest BCUT2D eigenvalue weighted by molar-refractivity contribution is 0.487. The molecule has 1 spiro atoms. The first-order valence-corrected chi connectivity index (χ1v) is 16.0. The molecule has 46 heavy (non-hydrogen) atoms. The number of benzene rings is 8. The molecule has 1 atom stereocenters. The normalized spacial score (nSPS) is 16.1. The highest BCUT2D eigenvalue weighted by molar-refractivity contribution is 6.11. The zero-order valence-electron chi connectivity index (χ0n) is 24.9. The maximum Gasteiger partial charge on any atom is 0.135 e. The molecule has 0 N–H and O–H groups in total. The minimum Gasteiger partial charge on any atom is -0.456 e. The van der Waals surface area contributed by atoms with Crippen LogP contribution in [0, 0.1) is 0 Å². The lowest BCUT2D eigenvalue weighted by Crippen LogP contribution is -2.25. The fraction of sp³-hybridized carbons (Fsp3) is 0.0222. The summed E-state index contributed by atoms with van der Waals surface area (Å²) in [6, 6.07) is 58.2. The van der Waals surface area contributed by atoms with E-state index in [-0.39, 0.29) is 5.41 Å². The maximum atomic E-state index is 6.42. The van der Waals surface area contributed by atoms with Crippen LogP contribution >= 0.6 is 0 Å². The zero-order chi connectivity index (χ0) is 30.0. The summed E-state index contributed by atoms with van der Waals surface area (Å²) in [5, 5.41) is 5.00. The first kappa shape index (κ1) is 24.4. The number of ether oxygens (including phenoxy) is 1. The Kier molecular flexibility index (Phi) is 4.57. The van der Waals surface area contributed by atoms with Crippen LogP contribution in [0.15, 0.2) is 158 Å². The SMILES string of the molecule is c1ccc2c(c1)Oc1ccc(-c3ccc4c(c3)-c3ccccc3C43c4ccccc4-c4c3ccc3ccccc43)c3cccc-2c13. The Labute approximate surface area is 267 Å². The Hall–Kier alpha value is -5.92. The summed E-state index contributed by atoms with van der Waals surface area (Å²) in [7, 11) is 0. The van der Waals surface area contributed by atoms with Gasteiger partial charge in [0, 0.05) is 10.9 Å². The average molecular weight is 583 g/mol. The van der Waals surface area contributed by atoms with Crippen LogP contribution in [-0.4, -0.2) is 0 Å². The van der Waals surface area contributed by atoms with E-state index in [2.05, 4.69) is 152 Å². The van der Waals surface area contributed by atoms with Gasteiger partial charge >= 0.3 is 0 Å². The number of rotatable bonds is 1. The molecule has 0 saturated carbocycles. The van der Waals surface area contributed by atoms with E-state index in [1.807, 2.05) is 6.07 Å². The van der Waals surface area contributed by atoms with Gasteiger partial charge in [0.2, 0.25) is 0 Å². The van der Waals surface area contributed by atoms with E-state index in [4.69, 9.17) is 4.74 Å². The zero-order valence-corrected chi connectivity index (χ0v) is 24.9. The Balaban J connectivity index is 1.19. The van der Waals surface area contributed by atoms with Crippen molar-refractivity contribution < 1.29 is 4.74 Å². The molecule has 212 valence electrons. The van der Waals surface area contributed by atoms with E-state index >= 15 is 0 Å². The van der Waals surface area contributed by atoms with Crippen molar-refractivity contribution >= 4 is 21.5 Å². The summed E-state index contributed by atoms with van der Waals surface area (Å²) in [4.78, 5) is 0. The summed E-state index contributed by atoms with van der Waals surface area (Å²) >= 11 is 0. The van der Waals surface area contributed by atoms with Crippen molar-refractivity contribution in [3.8, 4) is 56.0 Å². The minimum atomic E-state index is -0.363. The van der Waals surface area contributed by atoms with Gasteiger partial charge in [-0.2, -0.15) is 0 Å². The Morgan fingerprint density at radius 2 is 1.04 bits per heavy atom. The monoisotopic (exact) mass is 582 g/mol. The van der Waals surface area contributed by atoms with Crippen molar-refractivity contribution in [3.05, 3.63) is 180 Å². The fourth-order valence-electron chi connectivity index (χ4n) is 8.91. The van der Waals surface area contributed by atoms with Crippen LogP contribution in [0.25, 0.3) is 66.1 Å². The Morgan fingerprint density at radius 3 is 1.96 bits per heavy atom. The lowest BCUT2D eigenvalue weighted by atomic mass is 9.70. The summed E-state index contributed by atoms with van der Waals surface area (Å²) in [5.74, 6) is 1.84. The molecule has 1 heteroatoms. The minimum absolute atomic E-state index is 0.363. The molecule has 1 aliphatic heterocycles. The third kappa shape index (κ3) is 2.87. The molecule has 1 nitrogen and oxygen atoms in total. The van der Waals surface area contributed by atoms with Gasteiger partial charge in [-0.25, -0.2) is 0 Å². The predicted octanol–water partition coefficient (Wildman–Crippen LogP) is 11.8. The third-order valence-corrected chi connectivity index (χ3v) is 10.7. The molecule has 8 aromatic rings. The molecule has 2 aliphatic carbocycles. The van der Waals surface area contributed by atoms with Crippen LogP contribution < -0.4 is 4.74 Å². The van der Waals surface area contributed by atoms with Crippen molar-refractivity contribution in [1.29, 1.82) is 0 Å². The van der Waals surface area contributed by atoms with E-state index in [0.717, 1.165) is 17.1 Å². The van der Waals surface area contributed by atoms with Crippen LogP contribution in [0.2, 0.25) is 0 Å². The van der Waals surface area contributed by atoms with Gasteiger partial charge in [0.15, 0.2) is 0 Å². The van der Waals surface area contributed by atoms with Crippen molar-refractivity contribution in [2.75, 3.05) is 0 Å². The number of para-hydroxylation sites is 1. The largest absolute Gasteiger partial charge is 0.456 e. The molecule has 0 aromatic heterocycles. The second-order valence-corrected chi connectivity index (χ2v) is 12.7. The highest BCUT2D eigenvalue weighted by atomic mass is 16.5. The topological polar surface area (TPSA) is 9.23 Å². The number of fused-ring (bicyclic) bond motifs is 14. The molecular weight excluding hydrogens is 556 g/mol. The van der Waals surface area contributed by atoms with Gasteiger partial charge in [0.1, 0.15) is 11.5 Å². The average Bonchev–Trinajstić information content (AvgIpc) is 3.59. The second kappa shape index (κ2) is 8.62. The lowest BCUT2D eigenvalue weighted by Gasteiger charge is -2.30. The van der Waals surface area contributed by atoms with Crippen LogP contribution in [0.3, 0.4) is 0 Å². The molecule has 0 bridgehead atoms. The first-order chi connectivity index (χ1) is 22.8. The highest BCUT2D eigenvalue weighted by Gasteiger charge is 2.51. The fourth-order valence-corrected chi connectivity index (χ4v) is 8.91. The quantitative estimate of drug-likeness (QED) is 0.187. The van der Waals surface area contributed by atoms with Gasteiger partial charge in [-0.15, -0.1) is 0 Å². The van der Waals surface area contributed by atoms with E-state index in [0.29, 0.717) is 0 Å². The molecule has 8 aromatic carbocycles. The van der Waals surface area contributed by atoms with Crippen LogP contribution in [0.5, 0.6) is 11.5 Å². The van der Waals surface area contributed by atoms with Gasteiger partial charge in [-0.3, -0.25) is 0 Å². The molecule has 0 amide bonds. The molecule has 3 aliphatic rings. The van der Waals surface area contributed by atoms with Gasteiger partial charge < -0.3 is 4.74 Å². The van der Waals surface area contributed by atoms with E-state index in [1.165, 1.54) is 82.7 Å². The molecule has 0 radical (unpaired) electrons. The van der Waals surface area contributed by atoms with E-state index in [9.17, 15) is 0 Å². The molecular formula is C45H26O. The van der Waals surface area contributed by atoms with Crippen molar-refractivity contribution in [2.24, 2.45) is 0 Å². The van der Waals surface area contributed by atoms with Crippen LogP contribution in [-0.2, 0) is 5.41 Å². The Morgan fingerprint density at radius 1 is 0.370 bits per heavy atom. The van der Waals surface area contributed by atoms with Crippen LogP contribution in [0.4, 0.5) is 0 Å². The highest BCUT2D eigenvalue weighted by Crippen LogP contribution is 2.64. The number of hydrogen-bond donors (Lipinski definition) is 0. The second-order valence-electron chi connectivity index (χ2n) is 12.7. The smallest absolute Gasteiger partial charge is 0.135 e. The maximum absolute atomic E-state index is 6.42. The molecule has 11 rings (SSSR count). The predicted molar refractivity (Wildman–Crippen MR) is 189 cm³/mol. The summed E-state index contributed by atoms with van der Waals surface area (Å²) in [5.41, 5.74) is 15.3. The summed E-state index contributed by atoms with van der Waals surface area (Å²) in [6.45, 7) is 0. The Bertz CT molecular complexity index is 2630. The van der Waals surface area contributed by atoms with Crippen molar-refractivity contribution in [1.82, 2.24) is 0 Å². The summed E-state index contributed by atoms with van der Waals surface area (Å²) < 4.78 is 6.42. The van der Waals surface area contributed by atoms with Gasteiger partial charge in [0.05, 0.1) is 5.41 Å². The molecule has 1 unspecified atom stereocenters. The first-order valence-electron chi connectivity index (χ1n) is 16.0. The molecule has 0 fully saturated rings. The molecule has 0 saturated heterocycles. The van der Waals surface area contributed by atoms with Crippen molar-refractivity contribution in [2.45, 2.75) is 5.41 Å². The van der Waals surface area contributed by atoms with Gasteiger partial charge in [-0.1, -0.05) is 140 Å². The van der Waals surface area contributed by atoms with Crippen molar-refractivity contribution in [3.63, 3.8) is 0 Å². The van der Waals surface area contributed by atoms with Gasteiger partial charge in [-0.05, 0) is 95.6 Å². The number of hydrogen-bond acceptors (Lipinski definition) is 1.